The second-order valence-corrected chi connectivity index (χ2v) is 5.25. The molecule has 0 saturated carbocycles. The fraction of sp³-hybridized carbons (Fsp3) is 0.533. The predicted octanol–water partition coefficient (Wildman–Crippen LogP) is 2.95. The lowest BCUT2D eigenvalue weighted by Gasteiger charge is -2.33. The number of nitrogens with one attached hydrogen (secondary N) is 1. The van der Waals surface area contributed by atoms with E-state index in [0.29, 0.717) is 17.3 Å². The lowest BCUT2D eigenvalue weighted by molar-refractivity contribution is -0.132. The van der Waals surface area contributed by atoms with E-state index in [1.807, 2.05) is 4.90 Å². The van der Waals surface area contributed by atoms with E-state index >= 15 is 0 Å². The van der Waals surface area contributed by atoms with Crippen molar-refractivity contribution in [1.29, 1.82) is 0 Å². The van der Waals surface area contributed by atoms with Gasteiger partial charge in [0, 0.05) is 18.3 Å². The number of rotatable bonds is 3. The van der Waals surface area contributed by atoms with E-state index in [1.54, 1.807) is 19.1 Å². The average Bonchev–Trinajstić information content (AvgIpc) is 2.40. The Labute approximate surface area is 113 Å². The van der Waals surface area contributed by atoms with Crippen LogP contribution >= 0.6 is 0 Å². The maximum absolute atomic E-state index is 13.4. The number of benzene rings is 1. The van der Waals surface area contributed by atoms with Gasteiger partial charge in [-0.15, -0.1) is 0 Å². The van der Waals surface area contributed by atoms with Crippen molar-refractivity contribution in [1.82, 2.24) is 4.90 Å². The van der Waals surface area contributed by atoms with E-state index in [2.05, 4.69) is 12.2 Å². The minimum Gasteiger partial charge on any atom is -0.376 e. The van der Waals surface area contributed by atoms with Gasteiger partial charge in [-0.05, 0) is 50.8 Å². The van der Waals surface area contributed by atoms with Gasteiger partial charge in [-0.3, -0.25) is 4.79 Å². The molecule has 1 unspecified atom stereocenters. The van der Waals surface area contributed by atoms with Crippen LogP contribution in [0.15, 0.2) is 18.2 Å². The van der Waals surface area contributed by atoms with Crippen LogP contribution < -0.4 is 5.32 Å². The first-order valence-corrected chi connectivity index (χ1v) is 6.87. The first-order valence-electron chi connectivity index (χ1n) is 6.87. The second-order valence-electron chi connectivity index (χ2n) is 5.25. The highest BCUT2D eigenvalue weighted by Crippen LogP contribution is 2.17. The molecule has 0 aliphatic carbocycles. The molecule has 2 rings (SSSR count). The lowest BCUT2D eigenvalue weighted by Crippen LogP contribution is -2.44. The van der Waals surface area contributed by atoms with Gasteiger partial charge in [0.05, 0.1) is 6.54 Å². The molecule has 1 saturated heterocycles. The van der Waals surface area contributed by atoms with Crippen molar-refractivity contribution in [3.63, 3.8) is 0 Å². The van der Waals surface area contributed by atoms with E-state index in [9.17, 15) is 9.18 Å². The molecule has 1 N–H and O–H groups in total. The van der Waals surface area contributed by atoms with Crippen molar-refractivity contribution in [2.45, 2.75) is 39.2 Å². The number of hydrogen-bond donors (Lipinski definition) is 1. The van der Waals surface area contributed by atoms with Crippen LogP contribution in [0.2, 0.25) is 0 Å². The van der Waals surface area contributed by atoms with Crippen LogP contribution in [0.3, 0.4) is 0 Å². The minimum absolute atomic E-state index is 0.0909. The molecule has 0 aromatic heterocycles. The van der Waals surface area contributed by atoms with Gasteiger partial charge in [0.25, 0.3) is 0 Å². The number of carbonyl (C=O) groups is 1. The molecule has 1 aliphatic heterocycles. The number of amides is 1. The van der Waals surface area contributed by atoms with Crippen molar-refractivity contribution < 1.29 is 9.18 Å². The summed E-state index contributed by atoms with van der Waals surface area (Å²) in [5.74, 6) is -0.156. The molecule has 1 atom stereocenters. The van der Waals surface area contributed by atoms with Gasteiger partial charge in [-0.1, -0.05) is 6.07 Å². The van der Waals surface area contributed by atoms with Crippen molar-refractivity contribution in [3.8, 4) is 0 Å². The van der Waals surface area contributed by atoms with Gasteiger partial charge in [0.1, 0.15) is 5.82 Å². The Morgan fingerprint density at radius 3 is 2.95 bits per heavy atom. The van der Waals surface area contributed by atoms with Crippen LogP contribution in [0.1, 0.15) is 31.7 Å². The number of aryl methyl sites for hydroxylation is 1. The SMILES string of the molecule is Cc1ccc(NCC(=O)N2CCCCC2C)cc1F. The topological polar surface area (TPSA) is 32.3 Å². The highest BCUT2D eigenvalue weighted by molar-refractivity contribution is 5.81. The van der Waals surface area contributed by atoms with Crippen molar-refractivity contribution in [3.05, 3.63) is 29.6 Å². The zero-order valence-corrected chi connectivity index (χ0v) is 11.6. The lowest BCUT2D eigenvalue weighted by atomic mass is 10.0. The molecule has 0 radical (unpaired) electrons. The van der Waals surface area contributed by atoms with Crippen molar-refractivity contribution in [2.24, 2.45) is 0 Å². The third-order valence-electron chi connectivity index (χ3n) is 3.74. The fourth-order valence-electron chi connectivity index (χ4n) is 2.45. The highest BCUT2D eigenvalue weighted by Gasteiger charge is 2.22. The molecule has 4 heteroatoms. The number of hydrogen-bond acceptors (Lipinski definition) is 2. The number of piperidine rings is 1. The van der Waals surface area contributed by atoms with Gasteiger partial charge >= 0.3 is 0 Å². The number of carbonyl (C=O) groups excluding carboxylic acids is 1. The van der Waals surface area contributed by atoms with E-state index in [1.165, 1.54) is 12.5 Å². The van der Waals surface area contributed by atoms with E-state index in [4.69, 9.17) is 0 Å². The molecule has 3 nitrogen and oxygen atoms in total. The van der Waals surface area contributed by atoms with Gasteiger partial charge < -0.3 is 10.2 Å². The summed E-state index contributed by atoms with van der Waals surface area (Å²) in [6.45, 7) is 4.87. The summed E-state index contributed by atoms with van der Waals surface area (Å²) in [6, 6.07) is 5.26. The summed E-state index contributed by atoms with van der Waals surface area (Å²) in [5, 5.41) is 3.00. The summed E-state index contributed by atoms with van der Waals surface area (Å²) in [5.41, 5.74) is 1.27. The maximum atomic E-state index is 13.4. The van der Waals surface area contributed by atoms with Crippen molar-refractivity contribution in [2.75, 3.05) is 18.4 Å². The highest BCUT2D eigenvalue weighted by atomic mass is 19.1. The number of likely N-dealkylation sites (tertiary alicyclic amines) is 1. The molecule has 1 aromatic carbocycles. The largest absolute Gasteiger partial charge is 0.376 e. The number of nitrogens with zero attached hydrogens (tertiary/aromatic N) is 1. The average molecular weight is 264 g/mol. The third-order valence-corrected chi connectivity index (χ3v) is 3.74. The second kappa shape index (κ2) is 6.04. The minimum atomic E-state index is -0.246. The van der Waals surface area contributed by atoms with Crippen LogP contribution in [-0.4, -0.2) is 29.9 Å². The van der Waals surface area contributed by atoms with Gasteiger partial charge in [0.2, 0.25) is 5.91 Å². The molecular weight excluding hydrogens is 243 g/mol. The van der Waals surface area contributed by atoms with E-state index < -0.39 is 0 Å². The smallest absolute Gasteiger partial charge is 0.242 e. The quantitative estimate of drug-likeness (QED) is 0.910. The molecular formula is C15H21FN2O. The van der Waals surface area contributed by atoms with Crippen LogP contribution in [0.25, 0.3) is 0 Å². The molecule has 1 fully saturated rings. The molecule has 1 aromatic rings. The fourth-order valence-corrected chi connectivity index (χ4v) is 2.45. The van der Waals surface area contributed by atoms with Gasteiger partial charge in [-0.2, -0.15) is 0 Å². The molecule has 0 spiro atoms. The molecule has 104 valence electrons. The van der Waals surface area contributed by atoms with Crippen LogP contribution in [-0.2, 0) is 4.79 Å². The van der Waals surface area contributed by atoms with Gasteiger partial charge in [0.15, 0.2) is 0 Å². The normalized spacial score (nSPS) is 19.3. The predicted molar refractivity (Wildman–Crippen MR) is 74.7 cm³/mol. The molecule has 19 heavy (non-hydrogen) atoms. The Morgan fingerprint density at radius 2 is 2.26 bits per heavy atom. The summed E-state index contributed by atoms with van der Waals surface area (Å²) in [4.78, 5) is 14.0. The van der Waals surface area contributed by atoms with Crippen LogP contribution in [0.4, 0.5) is 10.1 Å². The van der Waals surface area contributed by atoms with Crippen molar-refractivity contribution >= 4 is 11.6 Å². The molecule has 1 aliphatic rings. The molecule has 0 bridgehead atoms. The summed E-state index contributed by atoms with van der Waals surface area (Å²) >= 11 is 0. The maximum Gasteiger partial charge on any atom is 0.242 e. The summed E-state index contributed by atoms with van der Waals surface area (Å²) in [6.07, 6.45) is 3.35. The van der Waals surface area contributed by atoms with E-state index in [-0.39, 0.29) is 18.3 Å². The Hall–Kier alpha value is -1.58. The number of anilines is 1. The standard InChI is InChI=1S/C15H21FN2O/c1-11-6-7-13(9-14(11)16)17-10-15(19)18-8-4-3-5-12(18)2/h6-7,9,12,17H,3-5,8,10H2,1-2H3. The molecule has 1 heterocycles. The van der Waals surface area contributed by atoms with Gasteiger partial charge in [-0.25, -0.2) is 4.39 Å². The monoisotopic (exact) mass is 264 g/mol. The zero-order chi connectivity index (χ0) is 13.8. The first kappa shape index (κ1) is 13.8. The number of halogens is 1. The third kappa shape index (κ3) is 3.46. The first-order chi connectivity index (χ1) is 9.08. The Morgan fingerprint density at radius 1 is 1.47 bits per heavy atom. The Balaban J connectivity index is 1.90. The van der Waals surface area contributed by atoms with E-state index in [0.717, 1.165) is 19.4 Å². The zero-order valence-electron chi connectivity index (χ0n) is 11.6. The summed E-state index contributed by atoms with van der Waals surface area (Å²) < 4.78 is 13.4. The van der Waals surface area contributed by atoms with Crippen LogP contribution in [0.5, 0.6) is 0 Å². The Bertz CT molecular complexity index is 461. The van der Waals surface area contributed by atoms with Crippen LogP contribution in [0, 0.1) is 12.7 Å². The summed E-state index contributed by atoms with van der Waals surface area (Å²) in [7, 11) is 0. The Kier molecular flexibility index (Phi) is 4.40. The molecule has 1 amide bonds.